The van der Waals surface area contributed by atoms with Gasteiger partial charge in [-0.15, -0.1) is 0 Å². The molecule has 1 heterocycles. The first kappa shape index (κ1) is 15.4. The molecule has 1 aromatic carbocycles. The Hall–Kier alpha value is -2.47. The highest BCUT2D eigenvalue weighted by atomic mass is 16.5. The number of carbonyl (C=O) groups excluding carboxylic acids is 1. The van der Waals surface area contributed by atoms with E-state index in [0.29, 0.717) is 6.61 Å². The number of benzene rings is 1. The second kappa shape index (κ2) is 7.19. The van der Waals surface area contributed by atoms with Gasteiger partial charge >= 0.3 is 5.97 Å². The lowest BCUT2D eigenvalue weighted by atomic mass is 9.95. The van der Waals surface area contributed by atoms with E-state index in [1.165, 1.54) is 29.7 Å². The Labute approximate surface area is 137 Å². The van der Waals surface area contributed by atoms with Crippen LogP contribution in [0.2, 0.25) is 0 Å². The summed E-state index contributed by atoms with van der Waals surface area (Å²) in [5.74, 6) is 5.17. The fraction of sp³-hybridized carbons (Fsp3) is 0.350. The second-order valence-corrected chi connectivity index (χ2v) is 5.76. The molecule has 0 amide bonds. The summed E-state index contributed by atoms with van der Waals surface area (Å²) in [4.78, 5) is 11.5. The van der Waals surface area contributed by atoms with Crippen molar-refractivity contribution in [3.8, 4) is 11.8 Å². The monoisotopic (exact) mass is 307 g/mol. The molecule has 0 N–H and O–H groups in total. The third kappa shape index (κ3) is 3.65. The number of hydrogen-bond donors (Lipinski definition) is 0. The summed E-state index contributed by atoms with van der Waals surface area (Å²) in [7, 11) is 0. The molecular formula is C20H21NO2. The molecule has 0 fully saturated rings. The van der Waals surface area contributed by atoms with Crippen LogP contribution in [0.5, 0.6) is 0 Å². The lowest BCUT2D eigenvalue weighted by Crippen LogP contribution is -2.08. The van der Waals surface area contributed by atoms with Gasteiger partial charge in [-0.05, 0) is 43.7 Å². The Morgan fingerprint density at radius 3 is 2.78 bits per heavy atom. The van der Waals surface area contributed by atoms with E-state index < -0.39 is 5.97 Å². The SMILES string of the molecule is CCOC(=O)C#Cc1cn(Cc2ccccc2)c2c1CCCC2. The maximum absolute atomic E-state index is 11.5. The number of fused-ring (bicyclic) bond motifs is 1. The van der Waals surface area contributed by atoms with Gasteiger partial charge in [0.1, 0.15) is 0 Å². The van der Waals surface area contributed by atoms with Crippen molar-refractivity contribution in [1.29, 1.82) is 0 Å². The number of nitrogens with zero attached hydrogens (tertiary/aromatic N) is 1. The third-order valence-electron chi connectivity index (χ3n) is 4.17. The van der Waals surface area contributed by atoms with Crippen LogP contribution in [0.3, 0.4) is 0 Å². The average Bonchev–Trinajstić information content (AvgIpc) is 2.92. The van der Waals surface area contributed by atoms with Crippen molar-refractivity contribution in [2.75, 3.05) is 6.61 Å². The first-order valence-corrected chi connectivity index (χ1v) is 8.21. The summed E-state index contributed by atoms with van der Waals surface area (Å²) < 4.78 is 7.18. The summed E-state index contributed by atoms with van der Waals surface area (Å²) >= 11 is 0. The molecule has 23 heavy (non-hydrogen) atoms. The predicted molar refractivity (Wildman–Crippen MR) is 90.1 cm³/mol. The number of ether oxygens (including phenoxy) is 1. The number of rotatable bonds is 3. The molecule has 3 rings (SSSR count). The van der Waals surface area contributed by atoms with Crippen LogP contribution in [-0.2, 0) is 28.9 Å². The van der Waals surface area contributed by atoms with Crippen LogP contribution in [-0.4, -0.2) is 17.1 Å². The van der Waals surface area contributed by atoms with Crippen molar-refractivity contribution in [3.63, 3.8) is 0 Å². The molecule has 0 saturated heterocycles. The van der Waals surface area contributed by atoms with Gasteiger partial charge in [-0.3, -0.25) is 0 Å². The maximum Gasteiger partial charge on any atom is 0.384 e. The van der Waals surface area contributed by atoms with Gasteiger partial charge in [0.15, 0.2) is 0 Å². The molecule has 1 aliphatic rings. The molecule has 0 radical (unpaired) electrons. The second-order valence-electron chi connectivity index (χ2n) is 5.76. The van der Waals surface area contributed by atoms with E-state index in [-0.39, 0.29) is 0 Å². The molecule has 0 aliphatic heterocycles. The van der Waals surface area contributed by atoms with Crippen LogP contribution in [0.15, 0.2) is 36.5 Å². The molecule has 118 valence electrons. The molecule has 0 saturated carbocycles. The third-order valence-corrected chi connectivity index (χ3v) is 4.17. The lowest BCUT2D eigenvalue weighted by Gasteiger charge is -2.15. The highest BCUT2D eigenvalue weighted by molar-refractivity contribution is 5.89. The van der Waals surface area contributed by atoms with E-state index in [0.717, 1.165) is 24.9 Å². The molecule has 0 atom stereocenters. The van der Waals surface area contributed by atoms with Crippen molar-refractivity contribution in [2.45, 2.75) is 39.2 Å². The number of esters is 1. The molecule has 0 bridgehead atoms. The Kier molecular flexibility index (Phi) is 4.83. The normalized spacial score (nSPS) is 12.9. The smallest absolute Gasteiger partial charge is 0.384 e. The van der Waals surface area contributed by atoms with Gasteiger partial charge in [0.25, 0.3) is 0 Å². The van der Waals surface area contributed by atoms with E-state index in [1.54, 1.807) is 6.92 Å². The summed E-state index contributed by atoms with van der Waals surface area (Å²) in [5, 5.41) is 0. The Bertz CT molecular complexity index is 747. The van der Waals surface area contributed by atoms with Crippen LogP contribution in [0.25, 0.3) is 0 Å². The summed E-state index contributed by atoms with van der Waals surface area (Å²) in [6.07, 6.45) is 6.63. The minimum absolute atomic E-state index is 0.362. The molecule has 0 unspecified atom stereocenters. The molecule has 0 spiro atoms. The zero-order valence-electron chi connectivity index (χ0n) is 13.5. The zero-order valence-corrected chi connectivity index (χ0v) is 13.5. The van der Waals surface area contributed by atoms with Crippen LogP contribution in [0.4, 0.5) is 0 Å². The predicted octanol–water partition coefficient (Wildman–Crippen LogP) is 3.33. The van der Waals surface area contributed by atoms with Crippen molar-refractivity contribution in [3.05, 3.63) is 58.9 Å². The largest absolute Gasteiger partial charge is 0.456 e. The van der Waals surface area contributed by atoms with E-state index >= 15 is 0 Å². The Balaban J connectivity index is 1.90. The van der Waals surface area contributed by atoms with Crippen LogP contribution < -0.4 is 0 Å². The van der Waals surface area contributed by atoms with E-state index in [4.69, 9.17) is 4.74 Å². The first-order valence-electron chi connectivity index (χ1n) is 8.21. The highest BCUT2D eigenvalue weighted by Crippen LogP contribution is 2.26. The molecule has 2 aromatic rings. The molecule has 3 heteroatoms. The number of hydrogen-bond acceptors (Lipinski definition) is 2. The summed E-state index contributed by atoms with van der Waals surface area (Å²) in [6, 6.07) is 10.4. The standard InChI is InChI=1S/C20H21NO2/c1-2-23-20(22)13-12-17-15-21(14-16-8-4-3-5-9-16)19-11-7-6-10-18(17)19/h3-5,8-9,15H,2,6-7,10-11,14H2,1H3. The van der Waals surface area contributed by atoms with Gasteiger partial charge in [-0.2, -0.15) is 0 Å². The minimum atomic E-state index is -0.451. The molecule has 3 nitrogen and oxygen atoms in total. The topological polar surface area (TPSA) is 31.2 Å². The minimum Gasteiger partial charge on any atom is -0.456 e. The van der Waals surface area contributed by atoms with E-state index in [2.05, 4.69) is 46.9 Å². The van der Waals surface area contributed by atoms with Crippen molar-refractivity contribution >= 4 is 5.97 Å². The Morgan fingerprint density at radius 2 is 2.00 bits per heavy atom. The average molecular weight is 307 g/mol. The number of carbonyl (C=O) groups is 1. The Morgan fingerprint density at radius 1 is 1.22 bits per heavy atom. The van der Waals surface area contributed by atoms with Gasteiger partial charge in [0.05, 0.1) is 6.61 Å². The zero-order chi connectivity index (χ0) is 16.1. The maximum atomic E-state index is 11.5. The fourth-order valence-electron chi connectivity index (χ4n) is 3.12. The highest BCUT2D eigenvalue weighted by Gasteiger charge is 2.18. The van der Waals surface area contributed by atoms with Gasteiger partial charge in [0.2, 0.25) is 0 Å². The number of aromatic nitrogens is 1. The van der Waals surface area contributed by atoms with Crippen molar-refractivity contribution in [1.82, 2.24) is 4.57 Å². The van der Waals surface area contributed by atoms with Crippen molar-refractivity contribution in [2.24, 2.45) is 0 Å². The summed E-state index contributed by atoms with van der Waals surface area (Å²) in [6.45, 7) is 3.00. The van der Waals surface area contributed by atoms with Crippen molar-refractivity contribution < 1.29 is 9.53 Å². The van der Waals surface area contributed by atoms with Crippen LogP contribution in [0.1, 0.15) is 42.1 Å². The first-order chi connectivity index (χ1) is 11.3. The summed E-state index contributed by atoms with van der Waals surface area (Å²) in [5.41, 5.74) is 4.93. The van der Waals surface area contributed by atoms with Gasteiger partial charge < -0.3 is 9.30 Å². The molecule has 1 aliphatic carbocycles. The molecule has 1 aromatic heterocycles. The van der Waals surface area contributed by atoms with Gasteiger partial charge in [0, 0.05) is 29.9 Å². The molecular weight excluding hydrogens is 286 g/mol. The van der Waals surface area contributed by atoms with Crippen LogP contribution in [0, 0.1) is 11.8 Å². The van der Waals surface area contributed by atoms with Gasteiger partial charge in [-0.25, -0.2) is 4.79 Å². The van der Waals surface area contributed by atoms with Crippen LogP contribution >= 0.6 is 0 Å². The van der Waals surface area contributed by atoms with E-state index in [1.807, 2.05) is 6.07 Å². The lowest BCUT2D eigenvalue weighted by molar-refractivity contribution is -0.136. The fourth-order valence-corrected chi connectivity index (χ4v) is 3.12. The van der Waals surface area contributed by atoms with Gasteiger partial charge in [-0.1, -0.05) is 36.3 Å². The quantitative estimate of drug-likeness (QED) is 0.643. The van der Waals surface area contributed by atoms with E-state index in [9.17, 15) is 4.79 Å².